The summed E-state index contributed by atoms with van der Waals surface area (Å²) in [6, 6.07) is 0. The fraction of sp³-hybridized carbons (Fsp3) is 0.800. The molecule has 1 N–H and O–H groups in total. The summed E-state index contributed by atoms with van der Waals surface area (Å²) in [5.74, 6) is -0.111. The van der Waals surface area contributed by atoms with Crippen LogP contribution in [-0.4, -0.2) is 21.4 Å². The van der Waals surface area contributed by atoms with Gasteiger partial charge in [-0.15, -0.1) is 11.8 Å². The molecule has 0 aromatic carbocycles. The van der Waals surface area contributed by atoms with Gasteiger partial charge in [0.2, 0.25) is 0 Å². The zero-order valence-electron chi connectivity index (χ0n) is 4.78. The Kier molecular flexibility index (Phi) is 2.29. The number of carboxylic acid groups (broad SMARTS) is 1. The Morgan fingerprint density at radius 2 is 2.44 bits per heavy atom. The Hall–Kier alpha value is 0.170. The third-order valence-electron chi connectivity index (χ3n) is 1.33. The second-order valence-electron chi connectivity index (χ2n) is 2.06. The predicted octanol–water partition coefficient (Wildman–Crippen LogP) is 1.08. The molecule has 1 saturated heterocycles. The predicted molar refractivity (Wildman–Crippen MR) is 41.0 cm³/mol. The van der Waals surface area contributed by atoms with Crippen LogP contribution < -0.4 is 0 Å². The number of carbonyl (C=O) groups is 1. The van der Waals surface area contributed by atoms with E-state index in [9.17, 15) is 4.79 Å². The first-order valence-electron chi connectivity index (χ1n) is 2.72. The number of rotatable bonds is 1. The Morgan fingerprint density at radius 3 is 2.67 bits per heavy atom. The number of thiol groups is 1. The van der Waals surface area contributed by atoms with Crippen molar-refractivity contribution >= 4 is 30.4 Å². The van der Waals surface area contributed by atoms with Crippen molar-refractivity contribution in [3.05, 3.63) is 0 Å². The van der Waals surface area contributed by atoms with E-state index in [0.29, 0.717) is 6.42 Å². The minimum atomic E-state index is -0.681. The van der Waals surface area contributed by atoms with Gasteiger partial charge >= 0.3 is 5.97 Å². The van der Waals surface area contributed by atoms with E-state index in [2.05, 4.69) is 12.6 Å². The van der Waals surface area contributed by atoms with Gasteiger partial charge in [-0.05, 0) is 6.42 Å². The Balaban J connectivity index is 2.39. The molecule has 9 heavy (non-hydrogen) atoms. The first-order chi connectivity index (χ1) is 4.20. The van der Waals surface area contributed by atoms with Gasteiger partial charge in [0.1, 0.15) is 0 Å². The van der Waals surface area contributed by atoms with Crippen LogP contribution in [0, 0.1) is 5.92 Å². The lowest BCUT2D eigenvalue weighted by molar-refractivity contribution is -0.140. The topological polar surface area (TPSA) is 37.3 Å². The smallest absolute Gasteiger partial charge is 0.307 e. The van der Waals surface area contributed by atoms with Crippen molar-refractivity contribution in [3.63, 3.8) is 0 Å². The molecule has 0 aromatic heterocycles. The number of hydrogen-bond acceptors (Lipinski definition) is 3. The molecule has 0 bridgehead atoms. The highest BCUT2D eigenvalue weighted by Crippen LogP contribution is 2.33. The van der Waals surface area contributed by atoms with Crippen molar-refractivity contribution in [1.29, 1.82) is 0 Å². The molecule has 52 valence electrons. The molecule has 2 atom stereocenters. The fourth-order valence-electron chi connectivity index (χ4n) is 0.779. The fourth-order valence-corrected chi connectivity index (χ4v) is 2.39. The second-order valence-corrected chi connectivity index (χ2v) is 4.27. The number of hydrogen-bond donors (Lipinski definition) is 2. The Bertz CT molecular complexity index is 126. The third-order valence-corrected chi connectivity index (χ3v) is 3.16. The van der Waals surface area contributed by atoms with Gasteiger partial charge in [0.05, 0.1) is 5.92 Å². The van der Waals surface area contributed by atoms with Crippen molar-refractivity contribution in [2.75, 3.05) is 5.75 Å². The maximum Gasteiger partial charge on any atom is 0.307 e. The zero-order valence-corrected chi connectivity index (χ0v) is 6.49. The summed E-state index contributed by atoms with van der Waals surface area (Å²) in [4.78, 5) is 10.3. The lowest BCUT2D eigenvalue weighted by Gasteiger charge is -1.98. The quantitative estimate of drug-likeness (QED) is 0.569. The van der Waals surface area contributed by atoms with Crippen LogP contribution in [-0.2, 0) is 4.79 Å². The molecule has 4 heteroatoms. The van der Waals surface area contributed by atoms with Crippen LogP contribution in [0.25, 0.3) is 0 Å². The molecular weight excluding hydrogens is 156 g/mol. The molecule has 1 rings (SSSR count). The van der Waals surface area contributed by atoms with Crippen LogP contribution in [0.5, 0.6) is 0 Å². The highest BCUT2D eigenvalue weighted by atomic mass is 32.2. The number of thioether (sulfide) groups is 1. The van der Waals surface area contributed by atoms with E-state index >= 15 is 0 Å². The molecule has 1 fully saturated rings. The van der Waals surface area contributed by atoms with Crippen LogP contribution in [0.1, 0.15) is 6.42 Å². The molecule has 0 spiro atoms. The molecule has 0 radical (unpaired) electrons. The number of aliphatic carboxylic acids is 1. The standard InChI is InChI=1S/C5H8O2S2/c6-5(7)3-1-4(8)9-2-3/h3-4,8H,1-2H2,(H,6,7). The van der Waals surface area contributed by atoms with Crippen LogP contribution in [0.2, 0.25) is 0 Å². The Labute approximate surface area is 63.4 Å². The SMILES string of the molecule is O=C(O)C1CSC(S)C1. The van der Waals surface area contributed by atoms with E-state index in [-0.39, 0.29) is 10.5 Å². The van der Waals surface area contributed by atoms with Crippen molar-refractivity contribution < 1.29 is 9.90 Å². The third kappa shape index (κ3) is 1.79. The van der Waals surface area contributed by atoms with Gasteiger partial charge in [-0.1, -0.05) is 0 Å². The van der Waals surface area contributed by atoms with Crippen molar-refractivity contribution in [3.8, 4) is 0 Å². The Morgan fingerprint density at radius 1 is 1.78 bits per heavy atom. The van der Waals surface area contributed by atoms with E-state index in [1.807, 2.05) is 0 Å². The molecule has 0 amide bonds. The lowest BCUT2D eigenvalue weighted by atomic mass is 10.1. The minimum Gasteiger partial charge on any atom is -0.481 e. The van der Waals surface area contributed by atoms with Gasteiger partial charge in [-0.3, -0.25) is 4.79 Å². The summed E-state index contributed by atoms with van der Waals surface area (Å²) in [5, 5.41) is 8.48. The van der Waals surface area contributed by atoms with Gasteiger partial charge in [-0.2, -0.15) is 12.6 Å². The van der Waals surface area contributed by atoms with Crippen LogP contribution in [0.4, 0.5) is 0 Å². The van der Waals surface area contributed by atoms with Gasteiger partial charge in [0.25, 0.3) is 0 Å². The molecule has 0 saturated carbocycles. The van der Waals surface area contributed by atoms with Gasteiger partial charge in [0.15, 0.2) is 0 Å². The molecule has 0 aromatic rings. The normalized spacial score (nSPS) is 34.8. The summed E-state index contributed by atoms with van der Waals surface area (Å²) in [5.41, 5.74) is 0. The first kappa shape index (κ1) is 7.28. The van der Waals surface area contributed by atoms with E-state index in [4.69, 9.17) is 5.11 Å². The summed E-state index contributed by atoms with van der Waals surface area (Å²) in [7, 11) is 0. The molecule has 2 nitrogen and oxygen atoms in total. The molecule has 1 heterocycles. The molecule has 1 aliphatic heterocycles. The maximum absolute atomic E-state index is 10.3. The maximum atomic E-state index is 10.3. The minimum absolute atomic E-state index is 0.155. The molecule has 0 aliphatic carbocycles. The summed E-state index contributed by atoms with van der Waals surface area (Å²) in [6.07, 6.45) is 0.711. The van der Waals surface area contributed by atoms with Crippen LogP contribution >= 0.6 is 24.4 Å². The summed E-state index contributed by atoms with van der Waals surface area (Å²) >= 11 is 5.76. The molecule has 2 unspecified atom stereocenters. The van der Waals surface area contributed by atoms with E-state index in [1.54, 1.807) is 11.8 Å². The van der Waals surface area contributed by atoms with Crippen molar-refractivity contribution in [2.45, 2.75) is 11.0 Å². The zero-order chi connectivity index (χ0) is 6.85. The first-order valence-corrected chi connectivity index (χ1v) is 4.29. The second kappa shape index (κ2) is 2.84. The average Bonchev–Trinajstić information content (AvgIpc) is 2.14. The highest BCUT2D eigenvalue weighted by Gasteiger charge is 2.27. The van der Waals surface area contributed by atoms with E-state index in [0.717, 1.165) is 5.75 Å². The van der Waals surface area contributed by atoms with Gasteiger partial charge < -0.3 is 5.11 Å². The highest BCUT2D eigenvalue weighted by molar-refractivity contribution is 8.10. The largest absolute Gasteiger partial charge is 0.481 e. The lowest BCUT2D eigenvalue weighted by Crippen LogP contribution is -2.12. The van der Waals surface area contributed by atoms with E-state index < -0.39 is 5.97 Å². The summed E-state index contributed by atoms with van der Waals surface area (Å²) < 4.78 is 0.242. The number of carboxylic acids is 1. The monoisotopic (exact) mass is 164 g/mol. The van der Waals surface area contributed by atoms with Crippen molar-refractivity contribution in [1.82, 2.24) is 0 Å². The van der Waals surface area contributed by atoms with Gasteiger partial charge in [-0.25, -0.2) is 0 Å². The van der Waals surface area contributed by atoms with Crippen LogP contribution in [0.3, 0.4) is 0 Å². The van der Waals surface area contributed by atoms with E-state index in [1.165, 1.54) is 0 Å². The van der Waals surface area contributed by atoms with Gasteiger partial charge in [0, 0.05) is 10.3 Å². The summed E-state index contributed by atoms with van der Waals surface area (Å²) in [6.45, 7) is 0. The van der Waals surface area contributed by atoms with Crippen molar-refractivity contribution in [2.24, 2.45) is 5.92 Å². The molecule has 1 aliphatic rings. The average molecular weight is 164 g/mol. The van der Waals surface area contributed by atoms with Crippen LogP contribution in [0.15, 0.2) is 0 Å². The molecular formula is C5H8O2S2.